The molecule has 0 bridgehead atoms. The molecule has 1 aromatic rings. The van der Waals surface area contributed by atoms with Crippen LogP contribution >= 0.6 is 0 Å². The van der Waals surface area contributed by atoms with E-state index in [0.29, 0.717) is 13.1 Å². The van der Waals surface area contributed by atoms with E-state index >= 15 is 0 Å². The first-order valence-corrected chi connectivity index (χ1v) is 11.0. The summed E-state index contributed by atoms with van der Waals surface area (Å²) in [7, 11) is -1.84. The van der Waals surface area contributed by atoms with Crippen molar-refractivity contribution in [2.45, 2.75) is 44.4 Å². The molecule has 0 radical (unpaired) electrons. The molecular formula is C18H29N5O4S. The number of nitrogens with zero attached hydrogens (tertiary/aromatic N) is 4. The number of anilines is 1. The predicted octanol–water partition coefficient (Wildman–Crippen LogP) is 2.90. The Bertz CT molecular complexity index is 815. The summed E-state index contributed by atoms with van der Waals surface area (Å²) in [5.74, 6) is 0. The van der Waals surface area contributed by atoms with Gasteiger partial charge >= 0.3 is 0 Å². The Morgan fingerprint density at radius 2 is 1.96 bits per heavy atom. The van der Waals surface area contributed by atoms with Crippen molar-refractivity contribution in [3.8, 4) is 0 Å². The molecule has 2 rings (SSSR count). The minimum atomic E-state index is -3.88. The monoisotopic (exact) mass is 411 g/mol. The van der Waals surface area contributed by atoms with Crippen molar-refractivity contribution in [2.24, 2.45) is 5.10 Å². The van der Waals surface area contributed by atoms with Crippen molar-refractivity contribution in [1.29, 1.82) is 0 Å². The lowest BCUT2D eigenvalue weighted by Crippen LogP contribution is -2.32. The number of nitrogens with one attached hydrogen (secondary N) is 1. The number of sulfonamides is 1. The highest BCUT2D eigenvalue weighted by Gasteiger charge is 2.28. The van der Waals surface area contributed by atoms with Gasteiger partial charge in [-0.15, -0.1) is 0 Å². The highest BCUT2D eigenvalue weighted by molar-refractivity contribution is 7.89. The van der Waals surface area contributed by atoms with Gasteiger partial charge in [0.2, 0.25) is 10.0 Å². The summed E-state index contributed by atoms with van der Waals surface area (Å²) >= 11 is 0. The average molecular weight is 412 g/mol. The topological polar surface area (TPSA) is 108 Å². The van der Waals surface area contributed by atoms with E-state index in [-0.39, 0.29) is 16.3 Å². The zero-order chi connectivity index (χ0) is 20.7. The second-order valence-electron chi connectivity index (χ2n) is 6.88. The van der Waals surface area contributed by atoms with E-state index < -0.39 is 14.9 Å². The minimum absolute atomic E-state index is 0.114. The second-order valence-corrected chi connectivity index (χ2v) is 8.79. The lowest BCUT2D eigenvalue weighted by atomic mass is 10.1. The van der Waals surface area contributed by atoms with Crippen LogP contribution in [0.2, 0.25) is 0 Å². The van der Waals surface area contributed by atoms with E-state index in [9.17, 15) is 18.5 Å². The Kier molecular flexibility index (Phi) is 7.90. The van der Waals surface area contributed by atoms with E-state index in [0.717, 1.165) is 50.6 Å². The highest BCUT2D eigenvalue weighted by atomic mass is 32.2. The summed E-state index contributed by atoms with van der Waals surface area (Å²) in [6.45, 7) is 6.21. The Balaban J connectivity index is 2.38. The summed E-state index contributed by atoms with van der Waals surface area (Å²) in [4.78, 5) is 12.7. The molecule has 28 heavy (non-hydrogen) atoms. The van der Waals surface area contributed by atoms with Crippen molar-refractivity contribution in [1.82, 2.24) is 9.21 Å². The molecule has 1 aliphatic rings. The Morgan fingerprint density at radius 1 is 1.29 bits per heavy atom. The van der Waals surface area contributed by atoms with Gasteiger partial charge in [-0.3, -0.25) is 15.5 Å². The van der Waals surface area contributed by atoms with E-state index in [1.54, 1.807) is 6.92 Å². The molecule has 0 aromatic heterocycles. The molecule has 10 heteroatoms. The molecule has 0 saturated carbocycles. The Labute approximate surface area is 166 Å². The maximum absolute atomic E-state index is 13.2. The summed E-state index contributed by atoms with van der Waals surface area (Å²) in [6.07, 6.45) is 3.18. The molecule has 1 heterocycles. The molecule has 0 unspecified atom stereocenters. The zero-order valence-electron chi connectivity index (χ0n) is 16.7. The van der Waals surface area contributed by atoms with Crippen LogP contribution in [-0.4, -0.2) is 61.5 Å². The number of likely N-dealkylation sites (tertiary alicyclic amines) is 1. The van der Waals surface area contributed by atoms with Crippen LogP contribution in [0, 0.1) is 10.1 Å². The predicted molar refractivity (Wildman–Crippen MR) is 110 cm³/mol. The maximum atomic E-state index is 13.2. The molecule has 1 N–H and O–H groups in total. The van der Waals surface area contributed by atoms with Gasteiger partial charge < -0.3 is 4.90 Å². The van der Waals surface area contributed by atoms with Crippen molar-refractivity contribution in [2.75, 3.05) is 38.7 Å². The minimum Gasteiger partial charge on any atom is -0.306 e. The first kappa shape index (κ1) is 22.3. The summed E-state index contributed by atoms with van der Waals surface area (Å²) < 4.78 is 27.7. The number of benzene rings is 1. The van der Waals surface area contributed by atoms with Crippen molar-refractivity contribution in [3.05, 3.63) is 28.3 Å². The molecule has 1 aromatic carbocycles. The quantitative estimate of drug-likeness (QED) is 0.494. The standard InChI is InChI=1S/C18H29N5O4S/c1-4-6-11-22(5-2)28(26,27)18-14-16(23(24)25)7-8-17(18)20-19-15-9-12-21(3)13-10-15/h7-8,14,20H,4-6,9-13H2,1-3H3. The smallest absolute Gasteiger partial charge is 0.270 e. The number of hydrazone groups is 1. The number of nitro groups is 1. The SMILES string of the molecule is CCCCN(CC)S(=O)(=O)c1cc([N+](=O)[O-])ccc1NN=C1CCN(C)CC1. The van der Waals surface area contributed by atoms with E-state index in [1.807, 2.05) is 14.0 Å². The second kappa shape index (κ2) is 9.94. The fraction of sp³-hybridized carbons (Fsp3) is 0.611. The van der Waals surface area contributed by atoms with Gasteiger partial charge in [0.15, 0.2) is 0 Å². The molecule has 1 aliphatic heterocycles. The summed E-state index contributed by atoms with van der Waals surface area (Å²) in [5, 5.41) is 15.6. The van der Waals surface area contributed by atoms with Gasteiger partial charge in [0.05, 0.1) is 10.6 Å². The number of unbranched alkanes of at least 4 members (excludes halogenated alkanes) is 1. The van der Waals surface area contributed by atoms with E-state index in [1.165, 1.54) is 16.4 Å². The number of piperidine rings is 1. The number of nitro benzene ring substituents is 1. The molecule has 0 aliphatic carbocycles. The molecule has 1 fully saturated rings. The third-order valence-electron chi connectivity index (χ3n) is 4.81. The van der Waals surface area contributed by atoms with Gasteiger partial charge in [-0.2, -0.15) is 9.41 Å². The van der Waals surface area contributed by atoms with Gasteiger partial charge in [0, 0.05) is 56.9 Å². The molecule has 0 amide bonds. The van der Waals surface area contributed by atoms with Crippen LogP contribution in [0.15, 0.2) is 28.2 Å². The van der Waals surface area contributed by atoms with Crippen molar-refractivity contribution in [3.63, 3.8) is 0 Å². The van der Waals surface area contributed by atoms with Crippen LogP contribution in [-0.2, 0) is 10.0 Å². The molecule has 1 saturated heterocycles. The molecule has 156 valence electrons. The van der Waals surface area contributed by atoms with Crippen molar-refractivity contribution < 1.29 is 13.3 Å². The van der Waals surface area contributed by atoms with E-state index in [2.05, 4.69) is 15.4 Å². The first-order chi connectivity index (χ1) is 13.3. The van der Waals surface area contributed by atoms with Crippen LogP contribution in [0.4, 0.5) is 11.4 Å². The molecule has 0 spiro atoms. The average Bonchev–Trinajstić information content (AvgIpc) is 2.67. The molecular weight excluding hydrogens is 382 g/mol. The van der Waals surface area contributed by atoms with Gasteiger partial charge in [-0.25, -0.2) is 8.42 Å². The lowest BCUT2D eigenvalue weighted by molar-refractivity contribution is -0.385. The van der Waals surface area contributed by atoms with Gasteiger partial charge in [-0.1, -0.05) is 20.3 Å². The number of hydrogen-bond donors (Lipinski definition) is 1. The van der Waals surface area contributed by atoms with Gasteiger partial charge in [-0.05, 0) is 19.5 Å². The van der Waals surface area contributed by atoms with Crippen LogP contribution in [0.25, 0.3) is 0 Å². The maximum Gasteiger partial charge on any atom is 0.270 e. The third-order valence-corrected chi connectivity index (χ3v) is 6.82. The van der Waals surface area contributed by atoms with Crippen molar-refractivity contribution >= 4 is 27.1 Å². The molecule has 9 nitrogen and oxygen atoms in total. The lowest BCUT2D eigenvalue weighted by Gasteiger charge is -2.23. The Morgan fingerprint density at radius 3 is 2.54 bits per heavy atom. The third kappa shape index (κ3) is 5.49. The first-order valence-electron chi connectivity index (χ1n) is 9.58. The number of non-ortho nitro benzene ring substituents is 1. The van der Waals surface area contributed by atoms with Crippen LogP contribution < -0.4 is 5.43 Å². The molecule has 0 atom stereocenters. The largest absolute Gasteiger partial charge is 0.306 e. The van der Waals surface area contributed by atoms with E-state index in [4.69, 9.17) is 0 Å². The van der Waals surface area contributed by atoms with Gasteiger partial charge in [0.25, 0.3) is 5.69 Å². The number of rotatable bonds is 9. The fourth-order valence-electron chi connectivity index (χ4n) is 2.98. The van der Waals surface area contributed by atoms with Crippen LogP contribution in [0.1, 0.15) is 39.5 Å². The van der Waals surface area contributed by atoms with Crippen LogP contribution in [0.5, 0.6) is 0 Å². The Hall–Kier alpha value is -2.04. The highest BCUT2D eigenvalue weighted by Crippen LogP contribution is 2.29. The van der Waals surface area contributed by atoms with Gasteiger partial charge in [0.1, 0.15) is 4.90 Å². The zero-order valence-corrected chi connectivity index (χ0v) is 17.5. The number of hydrogen-bond acceptors (Lipinski definition) is 7. The normalized spacial score (nSPS) is 15.6. The summed E-state index contributed by atoms with van der Waals surface area (Å²) in [5.41, 5.74) is 3.80. The fourth-order valence-corrected chi connectivity index (χ4v) is 4.63. The summed E-state index contributed by atoms with van der Waals surface area (Å²) in [6, 6.07) is 3.82. The van der Waals surface area contributed by atoms with Crippen LogP contribution in [0.3, 0.4) is 0 Å².